The molecule has 1 amide bonds. The highest BCUT2D eigenvalue weighted by molar-refractivity contribution is 5.78. The first-order chi connectivity index (χ1) is 9.70. The molecule has 0 spiro atoms. The van der Waals surface area contributed by atoms with E-state index >= 15 is 0 Å². The van der Waals surface area contributed by atoms with Crippen LogP contribution in [0.4, 0.5) is 0 Å². The maximum atomic E-state index is 12.2. The summed E-state index contributed by atoms with van der Waals surface area (Å²) in [5, 5.41) is 12.0. The van der Waals surface area contributed by atoms with Gasteiger partial charge in [0.25, 0.3) is 0 Å². The number of hydrogen-bond donors (Lipinski definition) is 1. The van der Waals surface area contributed by atoms with Gasteiger partial charge in [0.2, 0.25) is 5.91 Å². The fraction of sp³-hybridized carbons (Fsp3) is 0.867. The largest absolute Gasteiger partial charge is 0.344 e. The Bertz CT molecular complexity index is 355. The van der Waals surface area contributed by atoms with Crippen LogP contribution in [0.3, 0.4) is 0 Å². The number of amides is 1. The molecule has 1 N–H and O–H groups in total. The molecule has 5 nitrogen and oxygen atoms in total. The number of hydrogen-bond acceptors (Lipinski definition) is 4. The van der Waals surface area contributed by atoms with Crippen LogP contribution in [0.5, 0.6) is 0 Å². The molecule has 0 bridgehead atoms. The van der Waals surface area contributed by atoms with Crippen molar-refractivity contribution < 1.29 is 4.79 Å². The average molecular weight is 278 g/mol. The minimum absolute atomic E-state index is 0.149. The highest BCUT2D eigenvalue weighted by Gasteiger charge is 2.32. The number of nitriles is 1. The maximum Gasteiger partial charge on any atom is 0.236 e. The topological polar surface area (TPSA) is 59.4 Å². The number of likely N-dealkylation sites (N-methyl/N-ethyl adjacent to an activating group) is 1. The Kier molecular flexibility index (Phi) is 5.81. The second-order valence-corrected chi connectivity index (χ2v) is 6.10. The molecule has 112 valence electrons. The summed E-state index contributed by atoms with van der Waals surface area (Å²) in [6.45, 7) is 4.31. The molecule has 0 aromatic carbocycles. The van der Waals surface area contributed by atoms with Crippen LogP contribution in [0, 0.1) is 17.2 Å². The molecule has 0 aromatic heterocycles. The smallest absolute Gasteiger partial charge is 0.236 e. The van der Waals surface area contributed by atoms with Gasteiger partial charge in [-0.1, -0.05) is 0 Å². The van der Waals surface area contributed by atoms with Gasteiger partial charge in [0.05, 0.1) is 19.0 Å². The Morgan fingerprint density at radius 1 is 1.40 bits per heavy atom. The number of rotatable bonds is 7. The zero-order chi connectivity index (χ0) is 14.4. The van der Waals surface area contributed by atoms with E-state index in [4.69, 9.17) is 5.26 Å². The summed E-state index contributed by atoms with van der Waals surface area (Å²) in [5.41, 5.74) is 0. The quantitative estimate of drug-likeness (QED) is 0.749. The Labute approximate surface area is 121 Å². The summed E-state index contributed by atoms with van der Waals surface area (Å²) in [5.74, 6) is 0.831. The van der Waals surface area contributed by atoms with E-state index in [-0.39, 0.29) is 5.91 Å². The van der Waals surface area contributed by atoms with Crippen LogP contribution in [0.1, 0.15) is 32.1 Å². The number of nitrogens with one attached hydrogen (secondary N) is 1. The van der Waals surface area contributed by atoms with E-state index in [1.165, 1.54) is 25.7 Å². The number of nitrogens with zero attached hydrogens (tertiary/aromatic N) is 3. The molecule has 2 aliphatic rings. The molecule has 1 aliphatic heterocycles. The summed E-state index contributed by atoms with van der Waals surface area (Å²) in [6.07, 6.45) is 5.40. The third-order valence-electron chi connectivity index (χ3n) is 4.28. The van der Waals surface area contributed by atoms with Gasteiger partial charge in [-0.25, -0.2) is 0 Å². The second kappa shape index (κ2) is 7.61. The van der Waals surface area contributed by atoms with Gasteiger partial charge in [-0.2, -0.15) is 5.26 Å². The van der Waals surface area contributed by atoms with E-state index < -0.39 is 0 Å². The van der Waals surface area contributed by atoms with Gasteiger partial charge in [0, 0.05) is 26.2 Å². The van der Waals surface area contributed by atoms with Crippen LogP contribution in [-0.4, -0.2) is 61.5 Å². The van der Waals surface area contributed by atoms with Crippen LogP contribution in [0.2, 0.25) is 0 Å². The van der Waals surface area contributed by atoms with Crippen LogP contribution < -0.4 is 5.32 Å². The van der Waals surface area contributed by atoms with Crippen molar-refractivity contribution in [2.75, 3.05) is 39.8 Å². The van der Waals surface area contributed by atoms with Gasteiger partial charge in [0.15, 0.2) is 0 Å². The molecule has 0 radical (unpaired) electrons. The summed E-state index contributed by atoms with van der Waals surface area (Å²) < 4.78 is 0. The lowest BCUT2D eigenvalue weighted by molar-refractivity contribution is -0.131. The van der Waals surface area contributed by atoms with Gasteiger partial charge in [-0.3, -0.25) is 9.69 Å². The van der Waals surface area contributed by atoms with E-state index in [0.29, 0.717) is 31.5 Å². The van der Waals surface area contributed by atoms with Crippen LogP contribution in [0.25, 0.3) is 0 Å². The summed E-state index contributed by atoms with van der Waals surface area (Å²) in [6, 6.07) is 2.71. The molecule has 2 rings (SSSR count). The SMILES string of the molecule is CN(CCC#N)C(=O)CN(CC1CCCNC1)C1CC1. The molecular weight excluding hydrogens is 252 g/mol. The van der Waals surface area contributed by atoms with Crippen molar-refractivity contribution >= 4 is 5.91 Å². The zero-order valence-electron chi connectivity index (χ0n) is 12.5. The van der Waals surface area contributed by atoms with Crippen LogP contribution in [-0.2, 0) is 4.79 Å². The van der Waals surface area contributed by atoms with E-state index in [2.05, 4.69) is 16.3 Å². The van der Waals surface area contributed by atoms with Gasteiger partial charge < -0.3 is 10.2 Å². The third-order valence-corrected chi connectivity index (χ3v) is 4.28. The first kappa shape index (κ1) is 15.3. The third kappa shape index (κ3) is 4.77. The van der Waals surface area contributed by atoms with Crippen molar-refractivity contribution in [1.29, 1.82) is 5.26 Å². The van der Waals surface area contributed by atoms with Gasteiger partial charge >= 0.3 is 0 Å². The Hall–Kier alpha value is -1.12. The predicted molar refractivity (Wildman–Crippen MR) is 78.1 cm³/mol. The van der Waals surface area contributed by atoms with Crippen LogP contribution in [0.15, 0.2) is 0 Å². The molecular formula is C15H26N4O. The van der Waals surface area contributed by atoms with Crippen molar-refractivity contribution in [3.05, 3.63) is 0 Å². The molecule has 1 atom stereocenters. The Balaban J connectivity index is 1.79. The predicted octanol–water partition coefficient (Wildman–Crippen LogP) is 0.822. The molecule has 1 aliphatic carbocycles. The standard InChI is InChI=1S/C15H26N4O/c1-18(9-3-7-16)15(20)12-19(14-5-6-14)11-13-4-2-8-17-10-13/h13-14,17H,2-6,8-12H2,1H3. The monoisotopic (exact) mass is 278 g/mol. The van der Waals surface area contributed by atoms with Crippen molar-refractivity contribution in [3.8, 4) is 6.07 Å². The normalized spacial score (nSPS) is 22.6. The Morgan fingerprint density at radius 3 is 2.80 bits per heavy atom. The lowest BCUT2D eigenvalue weighted by Gasteiger charge is -2.30. The van der Waals surface area contributed by atoms with Crippen molar-refractivity contribution in [2.45, 2.75) is 38.1 Å². The van der Waals surface area contributed by atoms with Gasteiger partial charge in [-0.05, 0) is 44.7 Å². The fourth-order valence-corrected chi connectivity index (χ4v) is 2.83. The fourth-order valence-electron chi connectivity index (χ4n) is 2.83. The highest BCUT2D eigenvalue weighted by atomic mass is 16.2. The first-order valence-corrected chi connectivity index (χ1v) is 7.76. The van der Waals surface area contributed by atoms with Crippen molar-refractivity contribution in [3.63, 3.8) is 0 Å². The molecule has 1 saturated carbocycles. The van der Waals surface area contributed by atoms with E-state index in [1.54, 1.807) is 11.9 Å². The van der Waals surface area contributed by atoms with E-state index in [9.17, 15) is 4.79 Å². The summed E-state index contributed by atoms with van der Waals surface area (Å²) >= 11 is 0. The molecule has 1 saturated heterocycles. The first-order valence-electron chi connectivity index (χ1n) is 7.76. The minimum Gasteiger partial charge on any atom is -0.344 e. The van der Waals surface area contributed by atoms with Crippen molar-refractivity contribution in [2.24, 2.45) is 5.92 Å². The van der Waals surface area contributed by atoms with E-state index in [0.717, 1.165) is 19.6 Å². The van der Waals surface area contributed by atoms with Gasteiger partial charge in [0.1, 0.15) is 0 Å². The lowest BCUT2D eigenvalue weighted by Crippen LogP contribution is -2.44. The highest BCUT2D eigenvalue weighted by Crippen LogP contribution is 2.28. The maximum absolute atomic E-state index is 12.2. The molecule has 20 heavy (non-hydrogen) atoms. The minimum atomic E-state index is 0.149. The Morgan fingerprint density at radius 2 is 2.20 bits per heavy atom. The molecule has 2 fully saturated rings. The molecule has 1 heterocycles. The summed E-state index contributed by atoms with van der Waals surface area (Å²) in [4.78, 5) is 16.2. The summed E-state index contributed by atoms with van der Waals surface area (Å²) in [7, 11) is 1.80. The number of carbonyl (C=O) groups excluding carboxylic acids is 1. The average Bonchev–Trinajstić information content (AvgIpc) is 3.29. The molecule has 5 heteroatoms. The van der Waals surface area contributed by atoms with Gasteiger partial charge in [-0.15, -0.1) is 0 Å². The van der Waals surface area contributed by atoms with Crippen molar-refractivity contribution in [1.82, 2.24) is 15.1 Å². The van der Waals surface area contributed by atoms with E-state index in [1.807, 2.05) is 0 Å². The molecule has 1 unspecified atom stereocenters. The zero-order valence-corrected chi connectivity index (χ0v) is 12.5. The van der Waals surface area contributed by atoms with Crippen LogP contribution >= 0.6 is 0 Å². The molecule has 0 aromatic rings. The lowest BCUT2D eigenvalue weighted by atomic mass is 9.99. The number of carbonyl (C=O) groups is 1. The second-order valence-electron chi connectivity index (χ2n) is 6.10. The number of piperidine rings is 1.